The van der Waals surface area contributed by atoms with Gasteiger partial charge in [0.2, 0.25) is 0 Å². The first-order chi connectivity index (χ1) is 11.0. The van der Waals surface area contributed by atoms with Crippen molar-refractivity contribution in [1.29, 1.82) is 0 Å². The van der Waals surface area contributed by atoms with Gasteiger partial charge in [-0.05, 0) is 50.1 Å². The third-order valence-corrected chi connectivity index (χ3v) is 3.24. The molecule has 0 fully saturated rings. The van der Waals surface area contributed by atoms with E-state index in [2.05, 4.69) is 0 Å². The highest BCUT2D eigenvalue weighted by molar-refractivity contribution is 5.75. The van der Waals surface area contributed by atoms with Crippen molar-refractivity contribution in [3.8, 4) is 11.5 Å². The molecule has 0 saturated carbocycles. The zero-order chi connectivity index (χ0) is 16.7. The number of aryl methyl sites for hydroxylation is 2. The molecule has 0 saturated heterocycles. The van der Waals surface area contributed by atoms with Crippen molar-refractivity contribution < 1.29 is 19.1 Å². The Balaban J connectivity index is 1.70. The minimum Gasteiger partial charge on any atom is -0.427 e. The van der Waals surface area contributed by atoms with Gasteiger partial charge in [0.25, 0.3) is 0 Å². The van der Waals surface area contributed by atoms with Gasteiger partial charge >= 0.3 is 11.9 Å². The fraction of sp³-hybridized carbons (Fsp3) is 0.263. The molecule has 4 heteroatoms. The van der Waals surface area contributed by atoms with Crippen LogP contribution < -0.4 is 9.47 Å². The molecular formula is C19H20O4. The summed E-state index contributed by atoms with van der Waals surface area (Å²) in [4.78, 5) is 23.4. The van der Waals surface area contributed by atoms with Crippen molar-refractivity contribution in [1.82, 2.24) is 0 Å². The molecule has 0 aliphatic rings. The summed E-state index contributed by atoms with van der Waals surface area (Å²) in [5.74, 6) is 0.344. The van der Waals surface area contributed by atoms with E-state index in [-0.39, 0.29) is 24.8 Å². The number of rotatable bonds is 6. The van der Waals surface area contributed by atoms with Gasteiger partial charge in [-0.15, -0.1) is 0 Å². The van der Waals surface area contributed by atoms with E-state index in [0.29, 0.717) is 17.9 Å². The van der Waals surface area contributed by atoms with E-state index < -0.39 is 0 Å². The van der Waals surface area contributed by atoms with Gasteiger partial charge in [0, 0.05) is 12.8 Å². The van der Waals surface area contributed by atoms with Crippen molar-refractivity contribution >= 4 is 11.9 Å². The molecule has 120 valence electrons. The fourth-order valence-corrected chi connectivity index (χ4v) is 2.03. The third-order valence-electron chi connectivity index (χ3n) is 3.24. The summed E-state index contributed by atoms with van der Waals surface area (Å²) < 4.78 is 10.4. The third kappa shape index (κ3) is 5.94. The Morgan fingerprint density at radius 2 is 1.39 bits per heavy atom. The minimum atomic E-state index is -0.350. The molecule has 0 bridgehead atoms. The van der Waals surface area contributed by atoms with Gasteiger partial charge in [-0.3, -0.25) is 9.59 Å². The van der Waals surface area contributed by atoms with E-state index in [9.17, 15) is 9.59 Å². The van der Waals surface area contributed by atoms with E-state index in [1.807, 2.05) is 38.1 Å². The Kier molecular flexibility index (Phi) is 5.92. The van der Waals surface area contributed by atoms with E-state index in [4.69, 9.17) is 9.47 Å². The van der Waals surface area contributed by atoms with Crippen molar-refractivity contribution in [3.05, 3.63) is 59.7 Å². The molecule has 23 heavy (non-hydrogen) atoms. The lowest BCUT2D eigenvalue weighted by Gasteiger charge is -2.06. The topological polar surface area (TPSA) is 52.6 Å². The minimum absolute atomic E-state index is 0.177. The average molecular weight is 312 g/mol. The number of benzene rings is 2. The first-order valence-electron chi connectivity index (χ1n) is 7.57. The summed E-state index contributed by atoms with van der Waals surface area (Å²) in [7, 11) is 0. The van der Waals surface area contributed by atoms with Gasteiger partial charge in [-0.25, -0.2) is 0 Å². The van der Waals surface area contributed by atoms with Crippen LogP contribution in [0.15, 0.2) is 48.5 Å². The molecule has 0 aliphatic carbocycles. The summed E-state index contributed by atoms with van der Waals surface area (Å²) in [6, 6.07) is 14.5. The molecule has 4 nitrogen and oxygen atoms in total. The highest BCUT2D eigenvalue weighted by Crippen LogP contribution is 2.15. The Labute approximate surface area is 136 Å². The second kappa shape index (κ2) is 8.13. The molecule has 2 aromatic rings. The molecule has 0 N–H and O–H groups in total. The number of carbonyl (C=O) groups excluding carboxylic acids is 2. The zero-order valence-electron chi connectivity index (χ0n) is 13.4. The molecule has 0 aromatic heterocycles. The maximum atomic E-state index is 11.7. The summed E-state index contributed by atoms with van der Waals surface area (Å²) in [6.07, 6.45) is 0.753. The molecule has 2 aromatic carbocycles. The molecule has 0 unspecified atom stereocenters. The van der Waals surface area contributed by atoms with Crippen LogP contribution in [-0.2, 0) is 9.59 Å². The van der Waals surface area contributed by atoms with Gasteiger partial charge in [-0.2, -0.15) is 0 Å². The fourth-order valence-electron chi connectivity index (χ4n) is 2.03. The van der Waals surface area contributed by atoms with Crippen molar-refractivity contribution in [2.24, 2.45) is 0 Å². The van der Waals surface area contributed by atoms with Crippen LogP contribution in [0.1, 0.15) is 30.4 Å². The predicted molar refractivity (Wildman–Crippen MR) is 87.5 cm³/mol. The van der Waals surface area contributed by atoms with Crippen molar-refractivity contribution in [2.45, 2.75) is 33.1 Å². The molecule has 0 aliphatic heterocycles. The Bertz CT molecular complexity index is 674. The molecule has 0 atom stereocenters. The second-order valence-corrected chi connectivity index (χ2v) is 5.43. The maximum absolute atomic E-state index is 11.7. The molecule has 0 spiro atoms. The summed E-state index contributed by atoms with van der Waals surface area (Å²) in [6.45, 7) is 3.89. The molecule has 0 heterocycles. The van der Waals surface area contributed by atoms with Crippen LogP contribution in [0.5, 0.6) is 11.5 Å². The number of hydrogen-bond acceptors (Lipinski definition) is 4. The molecular weight excluding hydrogens is 292 g/mol. The lowest BCUT2D eigenvalue weighted by atomic mass is 10.2. The van der Waals surface area contributed by atoms with Gasteiger partial charge < -0.3 is 9.47 Å². The first kappa shape index (κ1) is 16.7. The Morgan fingerprint density at radius 3 is 2.00 bits per heavy atom. The number of ether oxygens (including phenoxy) is 2. The second-order valence-electron chi connectivity index (χ2n) is 5.43. The van der Waals surface area contributed by atoms with E-state index >= 15 is 0 Å². The first-order valence-corrected chi connectivity index (χ1v) is 7.57. The van der Waals surface area contributed by atoms with Crippen LogP contribution in [0, 0.1) is 13.8 Å². The molecule has 0 amide bonds. The molecule has 2 rings (SSSR count). The predicted octanol–water partition coefficient (Wildman–Crippen LogP) is 3.98. The quantitative estimate of drug-likeness (QED) is 0.598. The van der Waals surface area contributed by atoms with Gasteiger partial charge in [0.1, 0.15) is 11.5 Å². The van der Waals surface area contributed by atoms with Gasteiger partial charge in [0.05, 0.1) is 0 Å². The number of hydrogen-bond donors (Lipinski definition) is 0. The van der Waals surface area contributed by atoms with Crippen LogP contribution >= 0.6 is 0 Å². The highest BCUT2D eigenvalue weighted by Gasteiger charge is 2.09. The smallest absolute Gasteiger partial charge is 0.311 e. The maximum Gasteiger partial charge on any atom is 0.311 e. The largest absolute Gasteiger partial charge is 0.427 e. The van der Waals surface area contributed by atoms with E-state index in [0.717, 1.165) is 11.1 Å². The van der Waals surface area contributed by atoms with Crippen LogP contribution in [0.4, 0.5) is 0 Å². The average Bonchev–Trinajstić information content (AvgIpc) is 2.49. The SMILES string of the molecule is Cc1ccc(OC(=O)CCCC(=O)Oc2cccc(C)c2)cc1. The highest BCUT2D eigenvalue weighted by atomic mass is 16.5. The van der Waals surface area contributed by atoms with E-state index in [1.165, 1.54) is 0 Å². The van der Waals surface area contributed by atoms with E-state index in [1.54, 1.807) is 24.3 Å². The summed E-state index contributed by atoms with van der Waals surface area (Å²) >= 11 is 0. The summed E-state index contributed by atoms with van der Waals surface area (Å²) in [5, 5.41) is 0. The lowest BCUT2D eigenvalue weighted by molar-refractivity contribution is -0.136. The number of esters is 2. The van der Waals surface area contributed by atoms with Gasteiger partial charge in [0.15, 0.2) is 0 Å². The van der Waals surface area contributed by atoms with Crippen molar-refractivity contribution in [2.75, 3.05) is 0 Å². The summed E-state index contributed by atoms with van der Waals surface area (Å²) in [5.41, 5.74) is 2.13. The zero-order valence-corrected chi connectivity index (χ0v) is 13.4. The Hall–Kier alpha value is -2.62. The number of carbonyl (C=O) groups is 2. The van der Waals surface area contributed by atoms with Crippen LogP contribution in [0.25, 0.3) is 0 Å². The molecule has 0 radical (unpaired) electrons. The van der Waals surface area contributed by atoms with Crippen LogP contribution in [0.2, 0.25) is 0 Å². The Morgan fingerprint density at radius 1 is 0.783 bits per heavy atom. The lowest BCUT2D eigenvalue weighted by Crippen LogP contribution is -2.11. The standard InChI is InChI=1S/C19H20O4/c1-14-9-11-16(12-10-14)22-18(20)7-4-8-19(21)23-17-6-3-5-15(2)13-17/h3,5-6,9-13H,4,7-8H2,1-2H3. The van der Waals surface area contributed by atoms with Crippen molar-refractivity contribution in [3.63, 3.8) is 0 Å². The monoisotopic (exact) mass is 312 g/mol. The normalized spacial score (nSPS) is 10.2. The van der Waals surface area contributed by atoms with Crippen LogP contribution in [0.3, 0.4) is 0 Å². The van der Waals surface area contributed by atoms with Crippen LogP contribution in [-0.4, -0.2) is 11.9 Å². The van der Waals surface area contributed by atoms with Gasteiger partial charge in [-0.1, -0.05) is 29.8 Å².